The van der Waals surface area contributed by atoms with Crippen LogP contribution < -0.4 is 10.6 Å². The molecule has 3 heterocycles. The minimum Gasteiger partial charge on any atom is -0.395 e. The van der Waals surface area contributed by atoms with E-state index >= 15 is 0 Å². The van der Waals surface area contributed by atoms with E-state index in [4.69, 9.17) is 17.0 Å². The molecule has 4 aromatic rings. The molecular formula is C54H57BF12N5O8P. The van der Waals surface area contributed by atoms with Crippen LogP contribution in [0.3, 0.4) is 0 Å². The molecule has 5 atom stereocenters. The van der Waals surface area contributed by atoms with Gasteiger partial charge >= 0.3 is 36.8 Å². The summed E-state index contributed by atoms with van der Waals surface area (Å²) in [5, 5.41) is 24.6. The number of imide groups is 2. The van der Waals surface area contributed by atoms with Crippen LogP contribution in [0.4, 0.5) is 62.3 Å². The lowest BCUT2D eigenvalue weighted by molar-refractivity contribution is -0.145. The minimum absolute atomic E-state index is 0.0149. The Hall–Kier alpha value is -5.79. The lowest BCUT2D eigenvalue weighted by atomic mass is 9.64. The molecule has 3 aliphatic heterocycles. The first-order chi connectivity index (χ1) is 37.8. The highest BCUT2D eigenvalue weighted by Gasteiger charge is 2.61. The fraction of sp³-hybridized carbons (Fsp3) is 0.481. The maximum absolute atomic E-state index is 13.5. The number of nitrogens with one attached hydrogen (secondary N) is 2. The summed E-state index contributed by atoms with van der Waals surface area (Å²) in [4.78, 5) is 54.3. The molecule has 2 unspecified atom stereocenters. The standard InChI is InChI=1S/C28H30BF6N2O4P.C26H27F6N3O4/c1-18(19-14-21(27(30,31)32)16-22(15-19)28(33,34)35)41-17-25(20-6-4-3-5-7-20)8-10-26(11-9-25)23(39)37(42(2)29)24(40)36(26)12-13-38;1-16(17-11-19(25(27,28)29)13-20(12-17)26(30,31)32)39-15-23(18-5-3-2-4-6-18)7-8-24(14-33-23)21(37)34-22(38)35(24)9-10-36/h3-7,14-16,18,38H,8-13,17H2,1-2H3;2-6,11-13,16,33,36H,7-10,14-15H2,1H3,(H,34,37,38)/t18-,25?,26?,42?;16-,23-,24?/m11/s1. The molecule has 0 bridgehead atoms. The highest BCUT2D eigenvalue weighted by molar-refractivity contribution is 7.80. The Balaban J connectivity index is 0.000000234. The fourth-order valence-corrected chi connectivity index (χ4v) is 11.9. The number of alkyl halides is 12. The molecule has 3 saturated heterocycles. The summed E-state index contributed by atoms with van der Waals surface area (Å²) in [7, 11) is 4.41. The number of aliphatic hydroxyl groups is 2. The Morgan fingerprint density at radius 2 is 1.01 bits per heavy atom. The Labute approximate surface area is 460 Å². The van der Waals surface area contributed by atoms with Gasteiger partial charge in [0.15, 0.2) is 0 Å². The molecule has 81 heavy (non-hydrogen) atoms. The third kappa shape index (κ3) is 13.0. The van der Waals surface area contributed by atoms with Gasteiger partial charge in [-0.25, -0.2) is 9.59 Å². The number of hydrogen-bond donors (Lipinski definition) is 4. The molecule has 2 spiro atoms. The molecular weight excluding hydrogens is 1120 g/mol. The van der Waals surface area contributed by atoms with Crippen molar-refractivity contribution in [3.63, 3.8) is 0 Å². The van der Waals surface area contributed by atoms with E-state index in [9.17, 15) is 82.1 Å². The molecule has 27 heteroatoms. The number of carbonyl (C=O) groups excluding carboxylic acids is 4. The number of carbonyl (C=O) groups is 4. The molecule has 0 aromatic heterocycles. The largest absolute Gasteiger partial charge is 0.416 e. The SMILES string of the molecule is C[C@@H](OC[C@@]1(c2ccccc2)CCC2(CN1)C(=O)NC(=O)N2CCO)c1cc(C(F)(F)F)cc(C(F)(F)F)c1.[B]P(C)N1C(=O)N(CCO)C2(CCC(CO[C@H](C)c3cc(C(F)(F)F)cc(C(F)(F)F)c3)(c3ccccc3)CC2)C1=O. The van der Waals surface area contributed by atoms with Gasteiger partial charge in [0.2, 0.25) is 0 Å². The van der Waals surface area contributed by atoms with E-state index in [1.54, 1.807) is 55.2 Å². The van der Waals surface area contributed by atoms with Crippen LogP contribution in [-0.4, -0.2) is 120 Å². The van der Waals surface area contributed by atoms with Crippen molar-refractivity contribution in [2.75, 3.05) is 52.7 Å². The van der Waals surface area contributed by atoms with Crippen molar-refractivity contribution < 1.29 is 91.5 Å². The van der Waals surface area contributed by atoms with Crippen LogP contribution in [0.2, 0.25) is 0 Å². The van der Waals surface area contributed by atoms with Crippen molar-refractivity contribution in [3.8, 4) is 0 Å². The van der Waals surface area contributed by atoms with Crippen molar-refractivity contribution in [1.82, 2.24) is 25.1 Å². The Kier molecular flexibility index (Phi) is 18.5. The zero-order valence-corrected chi connectivity index (χ0v) is 44.7. The minimum atomic E-state index is -4.99. The predicted octanol–water partition coefficient (Wildman–Crippen LogP) is 10.8. The van der Waals surface area contributed by atoms with Crippen LogP contribution in [-0.2, 0) is 54.7 Å². The zero-order chi connectivity index (χ0) is 59.7. The van der Waals surface area contributed by atoms with E-state index in [0.29, 0.717) is 37.1 Å². The van der Waals surface area contributed by atoms with Crippen molar-refractivity contribution in [3.05, 3.63) is 142 Å². The molecule has 438 valence electrons. The zero-order valence-electron chi connectivity index (χ0n) is 43.8. The van der Waals surface area contributed by atoms with E-state index < -0.39 is 113 Å². The summed E-state index contributed by atoms with van der Waals surface area (Å²) >= 11 is 0. The number of nitrogens with zero attached hydrogens (tertiary/aromatic N) is 3. The molecule has 13 nitrogen and oxygen atoms in total. The maximum atomic E-state index is 13.5. The van der Waals surface area contributed by atoms with Crippen LogP contribution in [0.15, 0.2) is 97.1 Å². The number of benzene rings is 4. The van der Waals surface area contributed by atoms with Crippen LogP contribution in [0, 0.1) is 0 Å². The van der Waals surface area contributed by atoms with Gasteiger partial charge < -0.3 is 34.8 Å². The molecule has 1 aliphatic carbocycles. The number of aliphatic hydroxyl groups excluding tert-OH is 2. The summed E-state index contributed by atoms with van der Waals surface area (Å²) in [6, 6.07) is 19.5. The van der Waals surface area contributed by atoms with E-state index in [-0.39, 0.29) is 95.0 Å². The average Bonchev–Trinajstić information content (AvgIpc) is 3.82. The van der Waals surface area contributed by atoms with E-state index in [1.807, 2.05) is 12.1 Å². The van der Waals surface area contributed by atoms with Crippen molar-refractivity contribution >= 4 is 39.4 Å². The quantitative estimate of drug-likeness (QED) is 0.0393. The molecule has 8 rings (SSSR count). The first-order valence-corrected chi connectivity index (χ1v) is 27.3. The summed E-state index contributed by atoms with van der Waals surface area (Å²) in [6.45, 7) is 3.26. The third-order valence-corrected chi connectivity index (χ3v) is 16.7. The second kappa shape index (κ2) is 23.8. The summed E-state index contributed by atoms with van der Waals surface area (Å²) < 4.78 is 174. The summed E-state index contributed by atoms with van der Waals surface area (Å²) in [5.74, 6) is -0.954. The molecule has 6 amide bonds. The van der Waals surface area contributed by atoms with E-state index in [0.717, 1.165) is 15.8 Å². The molecule has 4 aliphatic rings. The first-order valence-electron chi connectivity index (χ1n) is 25.4. The monoisotopic (exact) mass is 1170 g/mol. The smallest absolute Gasteiger partial charge is 0.395 e. The average molecular weight is 1170 g/mol. The highest BCUT2D eigenvalue weighted by Crippen LogP contribution is 2.53. The first kappa shape index (κ1) is 62.8. The normalized spacial score (nSPS) is 24.8. The van der Waals surface area contributed by atoms with E-state index in [1.165, 1.54) is 23.6 Å². The van der Waals surface area contributed by atoms with Crippen LogP contribution in [0.5, 0.6) is 0 Å². The number of rotatable bonds is 15. The van der Waals surface area contributed by atoms with Gasteiger partial charge in [0, 0.05) is 25.0 Å². The molecule has 2 radical (unpaired) electrons. The van der Waals surface area contributed by atoms with Gasteiger partial charge in [-0.15, -0.1) is 0 Å². The number of amides is 6. The predicted molar refractivity (Wildman–Crippen MR) is 271 cm³/mol. The van der Waals surface area contributed by atoms with E-state index in [2.05, 4.69) is 10.6 Å². The molecule has 1 saturated carbocycles. The second-order valence-corrected chi connectivity index (χ2v) is 22.1. The van der Waals surface area contributed by atoms with Crippen LogP contribution in [0.1, 0.15) is 109 Å². The van der Waals surface area contributed by atoms with Gasteiger partial charge in [-0.1, -0.05) is 68.6 Å². The molecule has 4 N–H and O–H groups in total. The topological polar surface area (TPSA) is 161 Å². The Morgan fingerprint density at radius 1 is 0.593 bits per heavy atom. The van der Waals surface area contributed by atoms with Gasteiger partial charge in [-0.2, -0.15) is 52.7 Å². The summed E-state index contributed by atoms with van der Waals surface area (Å²) in [6.07, 6.45) is -20.8. The number of piperidine rings is 1. The molecule has 4 fully saturated rings. The van der Waals surface area contributed by atoms with Gasteiger partial charge in [0.25, 0.3) is 11.8 Å². The highest BCUT2D eigenvalue weighted by atomic mass is 31.1. The lowest BCUT2D eigenvalue weighted by Gasteiger charge is -2.47. The summed E-state index contributed by atoms with van der Waals surface area (Å²) in [5.41, 5.74) is -8.91. The lowest BCUT2D eigenvalue weighted by Crippen LogP contribution is -2.65. The van der Waals surface area contributed by atoms with Crippen LogP contribution >= 0.6 is 7.95 Å². The number of urea groups is 2. The number of ether oxygens (including phenoxy) is 2. The Morgan fingerprint density at radius 3 is 1.42 bits per heavy atom. The van der Waals surface area contributed by atoms with Crippen LogP contribution in [0.25, 0.3) is 0 Å². The van der Waals surface area contributed by atoms with Gasteiger partial charge in [0.05, 0.1) is 66.4 Å². The van der Waals surface area contributed by atoms with Crippen molar-refractivity contribution in [2.45, 2.75) is 111 Å². The number of hydrogen-bond acceptors (Lipinski definition) is 9. The maximum Gasteiger partial charge on any atom is 0.416 e. The van der Waals surface area contributed by atoms with Crippen molar-refractivity contribution in [1.29, 1.82) is 0 Å². The van der Waals surface area contributed by atoms with Gasteiger partial charge in [-0.3, -0.25) is 19.6 Å². The Bertz CT molecular complexity index is 2840. The fourth-order valence-electron chi connectivity index (χ4n) is 11.1. The number of halogens is 12. The van der Waals surface area contributed by atoms with Crippen molar-refractivity contribution in [2.24, 2.45) is 0 Å². The third-order valence-electron chi connectivity index (χ3n) is 15.7. The van der Waals surface area contributed by atoms with Gasteiger partial charge in [-0.05, 0) is 118 Å². The molecule has 4 aromatic carbocycles. The second-order valence-electron chi connectivity index (χ2n) is 20.6. The number of β-amino-alcohol motifs (C(OH)–C–C–N with tert-alkyl or cyclic N) is 2. The van der Waals surface area contributed by atoms with Gasteiger partial charge in [0.1, 0.15) is 18.6 Å².